The number of aliphatic hydroxyl groups is 1. The lowest BCUT2D eigenvalue weighted by Gasteiger charge is -2.37. The molecule has 0 aliphatic heterocycles. The molecule has 6 rings (SSSR count). The third-order valence-corrected chi connectivity index (χ3v) is 7.28. The molecule has 1 unspecified atom stereocenters. The number of hydrogen-bond acceptors (Lipinski definition) is 6. The lowest BCUT2D eigenvalue weighted by atomic mass is 9.80. The van der Waals surface area contributed by atoms with Crippen molar-refractivity contribution in [3.63, 3.8) is 0 Å². The minimum atomic E-state index is -0.872. The number of fused-ring (bicyclic) bond motifs is 1. The Morgan fingerprint density at radius 2 is 1.24 bits per heavy atom. The number of imidazole rings is 1. The van der Waals surface area contributed by atoms with Gasteiger partial charge in [-0.1, -0.05) is 109 Å². The Kier molecular flexibility index (Phi) is 7.80. The average Bonchev–Trinajstić information content (AvgIpc) is 3.48. The van der Waals surface area contributed by atoms with E-state index in [1.54, 1.807) is 6.33 Å². The van der Waals surface area contributed by atoms with E-state index in [0.29, 0.717) is 30.0 Å². The Bertz CT molecular complexity index is 1580. The number of nitrogens with zero attached hydrogens (tertiary/aromatic N) is 4. The Labute approximate surface area is 239 Å². The fourth-order valence-electron chi connectivity index (χ4n) is 5.31. The molecule has 2 N–H and O–H groups in total. The molecule has 1 atom stereocenters. The second-order valence-electron chi connectivity index (χ2n) is 9.79. The first-order chi connectivity index (χ1) is 20.3. The van der Waals surface area contributed by atoms with Gasteiger partial charge in [0.2, 0.25) is 0 Å². The van der Waals surface area contributed by atoms with Gasteiger partial charge in [-0.2, -0.15) is 0 Å². The standard InChI is InChI=1S/C34H31N5O2/c40-22-21-30(39-25-37-31-32(35-24-36-33(31)39)38-29-19-11-4-12-20-29)23-41-34(26-13-5-1-6-14-26,27-15-7-2-8-16-27)28-17-9-3-10-18-28/h1-20,24-25,30,40H,21-23H2,(H,35,36,38). The minimum absolute atomic E-state index is 0.0110. The summed E-state index contributed by atoms with van der Waals surface area (Å²) < 4.78 is 9.06. The van der Waals surface area contributed by atoms with Gasteiger partial charge in [-0.25, -0.2) is 15.0 Å². The molecule has 204 valence electrons. The Hall–Kier alpha value is -4.85. The molecular weight excluding hydrogens is 510 g/mol. The lowest BCUT2D eigenvalue weighted by Crippen LogP contribution is -2.35. The van der Waals surface area contributed by atoms with Crippen LogP contribution in [0.4, 0.5) is 11.5 Å². The third-order valence-electron chi connectivity index (χ3n) is 7.28. The van der Waals surface area contributed by atoms with Crippen LogP contribution in [0, 0.1) is 0 Å². The van der Waals surface area contributed by atoms with E-state index in [-0.39, 0.29) is 12.6 Å². The van der Waals surface area contributed by atoms with Crippen molar-refractivity contribution in [3.05, 3.63) is 151 Å². The van der Waals surface area contributed by atoms with E-state index >= 15 is 0 Å². The summed E-state index contributed by atoms with van der Waals surface area (Å²) in [6, 6.07) is 40.4. The predicted molar refractivity (Wildman–Crippen MR) is 161 cm³/mol. The zero-order valence-corrected chi connectivity index (χ0v) is 22.5. The van der Waals surface area contributed by atoms with Crippen LogP contribution in [-0.4, -0.2) is 37.8 Å². The Balaban J connectivity index is 1.40. The van der Waals surface area contributed by atoms with Gasteiger partial charge in [0.1, 0.15) is 11.9 Å². The zero-order chi connectivity index (χ0) is 27.9. The number of ether oxygens (including phenoxy) is 1. The molecule has 0 saturated carbocycles. The monoisotopic (exact) mass is 541 g/mol. The number of aliphatic hydroxyl groups excluding tert-OH is 1. The van der Waals surface area contributed by atoms with Gasteiger partial charge in [0.15, 0.2) is 17.0 Å². The van der Waals surface area contributed by atoms with Crippen molar-refractivity contribution in [1.82, 2.24) is 19.5 Å². The van der Waals surface area contributed by atoms with E-state index in [1.807, 2.05) is 89.5 Å². The van der Waals surface area contributed by atoms with Crippen molar-refractivity contribution in [3.8, 4) is 0 Å². The zero-order valence-electron chi connectivity index (χ0n) is 22.5. The van der Waals surface area contributed by atoms with Crippen LogP contribution in [0.1, 0.15) is 29.2 Å². The van der Waals surface area contributed by atoms with Crippen LogP contribution < -0.4 is 5.32 Å². The third kappa shape index (κ3) is 5.33. The highest BCUT2D eigenvalue weighted by Crippen LogP contribution is 2.41. The molecule has 0 radical (unpaired) electrons. The van der Waals surface area contributed by atoms with Crippen LogP contribution in [-0.2, 0) is 10.3 Å². The number of nitrogens with one attached hydrogen (secondary N) is 1. The van der Waals surface area contributed by atoms with Gasteiger partial charge < -0.3 is 19.7 Å². The highest BCUT2D eigenvalue weighted by molar-refractivity contribution is 5.85. The van der Waals surface area contributed by atoms with E-state index in [2.05, 4.69) is 56.7 Å². The second-order valence-corrected chi connectivity index (χ2v) is 9.79. The molecule has 2 heterocycles. The molecule has 0 saturated heterocycles. The van der Waals surface area contributed by atoms with Crippen molar-refractivity contribution in [2.24, 2.45) is 0 Å². The molecule has 0 bridgehead atoms. The van der Waals surface area contributed by atoms with Gasteiger partial charge in [-0.15, -0.1) is 0 Å². The van der Waals surface area contributed by atoms with Crippen molar-refractivity contribution < 1.29 is 9.84 Å². The van der Waals surface area contributed by atoms with Crippen LogP contribution in [0.3, 0.4) is 0 Å². The van der Waals surface area contributed by atoms with Crippen LogP contribution in [0.15, 0.2) is 134 Å². The van der Waals surface area contributed by atoms with Crippen molar-refractivity contribution in [2.45, 2.75) is 18.1 Å². The first kappa shape index (κ1) is 26.4. The van der Waals surface area contributed by atoms with Crippen molar-refractivity contribution in [1.29, 1.82) is 0 Å². The highest BCUT2D eigenvalue weighted by atomic mass is 16.5. The van der Waals surface area contributed by atoms with Crippen LogP contribution in [0.2, 0.25) is 0 Å². The number of aromatic nitrogens is 4. The first-order valence-electron chi connectivity index (χ1n) is 13.7. The second kappa shape index (κ2) is 12.1. The molecule has 0 fully saturated rings. The summed E-state index contributed by atoms with van der Waals surface area (Å²) in [5.74, 6) is 0.621. The van der Waals surface area contributed by atoms with Gasteiger partial charge in [-0.05, 0) is 35.2 Å². The fourth-order valence-corrected chi connectivity index (χ4v) is 5.31. The Morgan fingerprint density at radius 1 is 0.707 bits per heavy atom. The van der Waals surface area contributed by atoms with Gasteiger partial charge in [-0.3, -0.25) is 0 Å². The smallest absolute Gasteiger partial charge is 0.165 e. The van der Waals surface area contributed by atoms with Crippen LogP contribution in [0.5, 0.6) is 0 Å². The summed E-state index contributed by atoms with van der Waals surface area (Å²) in [6.07, 6.45) is 3.75. The summed E-state index contributed by atoms with van der Waals surface area (Å²) in [4.78, 5) is 13.7. The number of hydrogen-bond donors (Lipinski definition) is 2. The number of benzene rings is 4. The summed E-state index contributed by atoms with van der Waals surface area (Å²) >= 11 is 0. The molecule has 0 amide bonds. The normalized spacial score (nSPS) is 12.3. The van der Waals surface area contributed by atoms with E-state index in [0.717, 1.165) is 22.4 Å². The van der Waals surface area contributed by atoms with E-state index in [1.165, 1.54) is 6.33 Å². The number of para-hydroxylation sites is 1. The van der Waals surface area contributed by atoms with Crippen LogP contribution in [0.25, 0.3) is 11.2 Å². The molecule has 6 aromatic rings. The summed E-state index contributed by atoms with van der Waals surface area (Å²) in [6.45, 7) is 0.291. The van der Waals surface area contributed by atoms with Gasteiger partial charge in [0.05, 0.1) is 19.0 Å². The van der Waals surface area contributed by atoms with Gasteiger partial charge in [0.25, 0.3) is 0 Å². The minimum Gasteiger partial charge on any atom is -0.396 e. The van der Waals surface area contributed by atoms with E-state index in [4.69, 9.17) is 4.74 Å². The van der Waals surface area contributed by atoms with Crippen molar-refractivity contribution in [2.75, 3.05) is 18.5 Å². The number of rotatable bonds is 11. The molecule has 0 spiro atoms. The molecule has 0 aliphatic rings. The summed E-state index contributed by atoms with van der Waals surface area (Å²) in [5.41, 5.74) is 4.43. The maximum absolute atomic E-state index is 10.1. The van der Waals surface area contributed by atoms with Gasteiger partial charge >= 0.3 is 0 Å². The molecule has 4 aromatic carbocycles. The average molecular weight is 542 g/mol. The predicted octanol–water partition coefficient (Wildman–Crippen LogP) is 6.50. The highest BCUT2D eigenvalue weighted by Gasteiger charge is 2.38. The Morgan fingerprint density at radius 3 is 1.78 bits per heavy atom. The number of anilines is 2. The van der Waals surface area contributed by atoms with E-state index < -0.39 is 5.60 Å². The largest absolute Gasteiger partial charge is 0.396 e. The SMILES string of the molecule is OCCC(COC(c1ccccc1)(c1ccccc1)c1ccccc1)n1cnc2c(Nc3ccccc3)ncnc21. The summed E-state index contributed by atoms with van der Waals surface area (Å²) in [5, 5.41) is 13.4. The topological polar surface area (TPSA) is 85.1 Å². The molecule has 41 heavy (non-hydrogen) atoms. The molecular formula is C34H31N5O2. The molecule has 7 heteroatoms. The molecule has 2 aromatic heterocycles. The molecule has 7 nitrogen and oxygen atoms in total. The lowest BCUT2D eigenvalue weighted by molar-refractivity contribution is -0.00889. The van der Waals surface area contributed by atoms with E-state index in [9.17, 15) is 5.11 Å². The first-order valence-corrected chi connectivity index (χ1v) is 13.7. The quantitative estimate of drug-likeness (QED) is 0.182. The maximum Gasteiger partial charge on any atom is 0.165 e. The van der Waals surface area contributed by atoms with Crippen molar-refractivity contribution >= 4 is 22.7 Å². The van der Waals surface area contributed by atoms with Crippen LogP contribution >= 0.6 is 0 Å². The van der Waals surface area contributed by atoms with Gasteiger partial charge in [0, 0.05) is 12.3 Å². The molecule has 0 aliphatic carbocycles. The fraction of sp³-hybridized carbons (Fsp3) is 0.147. The summed E-state index contributed by atoms with van der Waals surface area (Å²) in [7, 11) is 0. The maximum atomic E-state index is 10.1.